The molecule has 0 radical (unpaired) electrons. The third-order valence-corrected chi connectivity index (χ3v) is 4.88. The van der Waals surface area contributed by atoms with Crippen LogP contribution < -0.4 is 22.5 Å². The summed E-state index contributed by atoms with van der Waals surface area (Å²) < 4.78 is 3.81. The average Bonchev–Trinajstić information content (AvgIpc) is 3.07. The molecule has 13 heteroatoms. The maximum Gasteiger partial charge on any atom is 0.330 e. The van der Waals surface area contributed by atoms with Gasteiger partial charge in [0.1, 0.15) is 11.4 Å². The average molecular weight is 431 g/mol. The molecule has 0 aliphatic carbocycles. The van der Waals surface area contributed by atoms with Gasteiger partial charge in [-0.3, -0.25) is 34.0 Å². The summed E-state index contributed by atoms with van der Waals surface area (Å²) in [5.41, 5.74) is 2.42. The van der Waals surface area contributed by atoms with E-state index in [0.717, 1.165) is 23.3 Å². The fourth-order valence-corrected chi connectivity index (χ4v) is 3.37. The summed E-state index contributed by atoms with van der Waals surface area (Å²) in [6, 6.07) is 0.817. The van der Waals surface area contributed by atoms with Crippen LogP contribution in [0.3, 0.4) is 0 Å². The molecule has 0 spiro atoms. The standard InChI is InChI=1S/C18H21N7O6/c1-3-5-6-24-15-13(16(27)21-18(24)29)23(4-2)12(20-15)9-22-8-10(25(30)31)7-11(14(19)26)17(22)28/h7-8H,3-6,9H2,1-2H3,(H2,19,26)(H,21,27,29). The Hall–Kier alpha value is -4.03. The highest BCUT2D eigenvalue weighted by atomic mass is 16.6. The van der Waals surface area contributed by atoms with E-state index in [1.165, 1.54) is 9.13 Å². The molecule has 3 aromatic heterocycles. The molecule has 13 nitrogen and oxygen atoms in total. The third kappa shape index (κ3) is 3.89. The number of aryl methyl sites for hydroxylation is 2. The Balaban J connectivity index is 2.25. The zero-order valence-electron chi connectivity index (χ0n) is 17.0. The smallest absolute Gasteiger partial charge is 0.330 e. The highest BCUT2D eigenvalue weighted by Crippen LogP contribution is 2.15. The highest BCUT2D eigenvalue weighted by molar-refractivity contribution is 5.92. The largest absolute Gasteiger partial charge is 0.365 e. The second-order valence-corrected chi connectivity index (χ2v) is 6.88. The van der Waals surface area contributed by atoms with Crippen molar-refractivity contribution in [3.8, 4) is 0 Å². The molecule has 3 N–H and O–H groups in total. The molecule has 3 aromatic rings. The van der Waals surface area contributed by atoms with Gasteiger partial charge in [-0.2, -0.15) is 0 Å². The van der Waals surface area contributed by atoms with Crippen LogP contribution in [0.4, 0.5) is 5.69 Å². The molecule has 0 bridgehead atoms. The second-order valence-electron chi connectivity index (χ2n) is 6.88. The summed E-state index contributed by atoms with van der Waals surface area (Å²) in [5.74, 6) is -0.881. The van der Waals surface area contributed by atoms with Gasteiger partial charge in [0.15, 0.2) is 11.2 Å². The third-order valence-electron chi connectivity index (χ3n) is 4.88. The van der Waals surface area contributed by atoms with Gasteiger partial charge in [0.2, 0.25) is 0 Å². The van der Waals surface area contributed by atoms with Crippen molar-refractivity contribution in [1.29, 1.82) is 0 Å². The van der Waals surface area contributed by atoms with E-state index in [1.54, 1.807) is 6.92 Å². The number of aromatic amines is 1. The van der Waals surface area contributed by atoms with Crippen LogP contribution in [0.2, 0.25) is 0 Å². The van der Waals surface area contributed by atoms with Crippen LogP contribution >= 0.6 is 0 Å². The van der Waals surface area contributed by atoms with Crippen LogP contribution in [-0.2, 0) is 19.6 Å². The maximum absolute atomic E-state index is 12.6. The number of rotatable bonds is 8. The normalized spacial score (nSPS) is 11.2. The molecule has 0 aromatic carbocycles. The van der Waals surface area contributed by atoms with Crippen LogP contribution in [0.1, 0.15) is 42.9 Å². The summed E-state index contributed by atoms with van der Waals surface area (Å²) in [5, 5.41) is 11.2. The van der Waals surface area contributed by atoms with Crippen molar-refractivity contribution in [3.63, 3.8) is 0 Å². The number of nitrogens with zero attached hydrogens (tertiary/aromatic N) is 5. The number of carbonyl (C=O) groups excluding carboxylic acids is 1. The first-order valence-electron chi connectivity index (χ1n) is 9.60. The Labute approximate surface area is 173 Å². The van der Waals surface area contributed by atoms with Crippen LogP contribution in [0.25, 0.3) is 11.2 Å². The van der Waals surface area contributed by atoms with Gasteiger partial charge in [0.05, 0.1) is 17.7 Å². The van der Waals surface area contributed by atoms with Crippen molar-refractivity contribution in [1.82, 2.24) is 23.7 Å². The Morgan fingerprint density at radius 1 is 1.26 bits per heavy atom. The second kappa shape index (κ2) is 8.38. The number of hydrogen-bond acceptors (Lipinski definition) is 7. The molecule has 0 saturated carbocycles. The number of nitro groups is 1. The number of fused-ring (bicyclic) bond motifs is 1. The summed E-state index contributed by atoms with van der Waals surface area (Å²) in [6.45, 7) is 4.05. The zero-order chi connectivity index (χ0) is 22.9. The van der Waals surface area contributed by atoms with Gasteiger partial charge >= 0.3 is 5.69 Å². The number of primary amides is 1. The van der Waals surface area contributed by atoms with Crippen molar-refractivity contribution < 1.29 is 9.72 Å². The van der Waals surface area contributed by atoms with E-state index in [1.807, 2.05) is 6.92 Å². The first kappa shape index (κ1) is 21.7. The predicted molar refractivity (Wildman–Crippen MR) is 110 cm³/mol. The lowest BCUT2D eigenvalue weighted by Crippen LogP contribution is -2.31. The Kier molecular flexibility index (Phi) is 5.86. The van der Waals surface area contributed by atoms with E-state index in [0.29, 0.717) is 13.0 Å². The van der Waals surface area contributed by atoms with E-state index in [2.05, 4.69) is 9.97 Å². The lowest BCUT2D eigenvalue weighted by atomic mass is 10.2. The molecule has 0 saturated heterocycles. The summed E-state index contributed by atoms with van der Waals surface area (Å²) in [6.07, 6.45) is 2.47. The van der Waals surface area contributed by atoms with E-state index >= 15 is 0 Å². The van der Waals surface area contributed by atoms with Gasteiger partial charge in [-0.1, -0.05) is 13.3 Å². The molecule has 0 aliphatic rings. The van der Waals surface area contributed by atoms with Gasteiger partial charge in [-0.15, -0.1) is 0 Å². The number of nitrogens with two attached hydrogens (primary N) is 1. The number of imidazole rings is 1. The van der Waals surface area contributed by atoms with E-state index in [9.17, 15) is 29.3 Å². The summed E-state index contributed by atoms with van der Waals surface area (Å²) in [7, 11) is 0. The number of amides is 1. The van der Waals surface area contributed by atoms with Crippen molar-refractivity contribution in [2.24, 2.45) is 5.73 Å². The van der Waals surface area contributed by atoms with Crippen LogP contribution in [0, 0.1) is 10.1 Å². The number of carbonyl (C=O) groups is 1. The lowest BCUT2D eigenvalue weighted by Gasteiger charge is -2.09. The minimum atomic E-state index is -1.10. The monoisotopic (exact) mass is 431 g/mol. The molecule has 3 heterocycles. The SMILES string of the molecule is CCCCn1c(=O)[nH]c(=O)c2c1nc(Cn1cc([N+](=O)[O-])cc(C(N)=O)c1=O)n2CC. The minimum absolute atomic E-state index is 0.154. The topological polar surface area (TPSA) is 181 Å². The number of H-pyrrole nitrogens is 1. The molecule has 31 heavy (non-hydrogen) atoms. The number of aromatic nitrogens is 5. The molecule has 0 unspecified atom stereocenters. The number of nitrogens with one attached hydrogen (secondary N) is 1. The van der Waals surface area contributed by atoms with Crippen molar-refractivity contribution in [3.05, 3.63) is 65.0 Å². The van der Waals surface area contributed by atoms with Crippen molar-refractivity contribution in [2.75, 3.05) is 0 Å². The fraction of sp³-hybridized carbons (Fsp3) is 0.389. The zero-order valence-corrected chi connectivity index (χ0v) is 17.0. The van der Waals surface area contributed by atoms with Gasteiger partial charge in [-0.25, -0.2) is 9.78 Å². The highest BCUT2D eigenvalue weighted by Gasteiger charge is 2.21. The molecule has 0 aliphatic heterocycles. The first-order valence-corrected chi connectivity index (χ1v) is 9.60. The Morgan fingerprint density at radius 3 is 2.55 bits per heavy atom. The molecular formula is C18H21N7O6. The Bertz CT molecular complexity index is 1360. The minimum Gasteiger partial charge on any atom is -0.365 e. The van der Waals surface area contributed by atoms with Gasteiger partial charge in [0.25, 0.3) is 22.7 Å². The van der Waals surface area contributed by atoms with Gasteiger partial charge < -0.3 is 14.9 Å². The maximum atomic E-state index is 12.6. The molecule has 3 rings (SSSR count). The molecule has 0 atom stereocenters. The molecule has 1 amide bonds. The van der Waals surface area contributed by atoms with Crippen molar-refractivity contribution >= 4 is 22.8 Å². The van der Waals surface area contributed by atoms with Crippen LogP contribution in [0.5, 0.6) is 0 Å². The molecular weight excluding hydrogens is 410 g/mol. The van der Waals surface area contributed by atoms with E-state index < -0.39 is 38.9 Å². The van der Waals surface area contributed by atoms with Gasteiger partial charge in [-0.05, 0) is 13.3 Å². The summed E-state index contributed by atoms with van der Waals surface area (Å²) >= 11 is 0. The number of unbranched alkanes of at least 4 members (excludes halogenated alkanes) is 1. The van der Waals surface area contributed by atoms with Crippen molar-refractivity contribution in [2.45, 2.75) is 46.3 Å². The van der Waals surface area contributed by atoms with E-state index in [4.69, 9.17) is 5.73 Å². The first-order chi connectivity index (χ1) is 14.7. The fourth-order valence-electron chi connectivity index (χ4n) is 3.37. The lowest BCUT2D eigenvalue weighted by molar-refractivity contribution is -0.385. The predicted octanol–water partition coefficient (Wildman–Crippen LogP) is -0.0766. The number of pyridine rings is 1. The van der Waals surface area contributed by atoms with Gasteiger partial charge in [0, 0.05) is 19.2 Å². The Morgan fingerprint density at radius 2 is 1.97 bits per heavy atom. The molecule has 0 fully saturated rings. The van der Waals surface area contributed by atoms with Crippen LogP contribution in [-0.4, -0.2) is 34.5 Å². The summed E-state index contributed by atoms with van der Waals surface area (Å²) in [4.78, 5) is 66.1. The molecule has 164 valence electrons. The quantitative estimate of drug-likeness (QED) is 0.369. The van der Waals surface area contributed by atoms with E-state index in [-0.39, 0.29) is 30.1 Å². The number of hydrogen-bond donors (Lipinski definition) is 2. The van der Waals surface area contributed by atoms with Crippen LogP contribution in [0.15, 0.2) is 26.6 Å².